The van der Waals surface area contributed by atoms with Crippen LogP contribution >= 0.6 is 15.9 Å². The van der Waals surface area contributed by atoms with Crippen molar-refractivity contribution >= 4 is 21.6 Å². The second-order valence-corrected chi connectivity index (χ2v) is 5.56. The highest BCUT2D eigenvalue weighted by atomic mass is 79.9. The third kappa shape index (κ3) is 7.48. The van der Waals surface area contributed by atoms with Gasteiger partial charge >= 0.3 is 0 Å². The van der Waals surface area contributed by atoms with Crippen molar-refractivity contribution in [2.45, 2.75) is 44.9 Å². The Hall–Kier alpha value is -1.10. The third-order valence-corrected chi connectivity index (χ3v) is 3.64. The van der Waals surface area contributed by atoms with E-state index >= 15 is 0 Å². The van der Waals surface area contributed by atoms with Crippen LogP contribution in [0.1, 0.15) is 44.9 Å². The maximum absolute atomic E-state index is 10.6. The fraction of sp³-hybridized carbons (Fsp3) is 0.600. The van der Waals surface area contributed by atoms with Gasteiger partial charge in [-0.3, -0.25) is 10.1 Å². The Morgan fingerprint density at radius 2 is 1.70 bits per heavy atom. The molecule has 20 heavy (non-hydrogen) atoms. The molecule has 0 heterocycles. The highest BCUT2D eigenvalue weighted by Crippen LogP contribution is 2.19. The van der Waals surface area contributed by atoms with E-state index in [0.717, 1.165) is 18.2 Å². The van der Waals surface area contributed by atoms with E-state index in [1.54, 1.807) is 12.1 Å². The van der Waals surface area contributed by atoms with E-state index in [1.807, 2.05) is 0 Å². The molecule has 1 aromatic carbocycles. The molecule has 1 aromatic rings. The number of ether oxygens (including phenoxy) is 1. The average molecular weight is 344 g/mol. The summed E-state index contributed by atoms with van der Waals surface area (Å²) >= 11 is 3.43. The lowest BCUT2D eigenvalue weighted by Crippen LogP contribution is -1.98. The highest BCUT2D eigenvalue weighted by Gasteiger charge is 2.05. The Kier molecular flexibility index (Phi) is 9.04. The minimum absolute atomic E-state index is 0.0780. The molecule has 0 aliphatic rings. The summed E-state index contributed by atoms with van der Waals surface area (Å²) in [5.41, 5.74) is 0.0780. The predicted molar refractivity (Wildman–Crippen MR) is 84.7 cm³/mol. The van der Waals surface area contributed by atoms with E-state index < -0.39 is 4.92 Å². The molecule has 5 heteroatoms. The molecule has 0 saturated heterocycles. The summed E-state index contributed by atoms with van der Waals surface area (Å²) < 4.78 is 5.53. The third-order valence-electron chi connectivity index (χ3n) is 3.08. The van der Waals surface area contributed by atoms with Gasteiger partial charge in [-0.25, -0.2) is 0 Å². The van der Waals surface area contributed by atoms with Gasteiger partial charge in [-0.05, 0) is 18.9 Å². The molecule has 0 aliphatic carbocycles. The molecule has 0 amide bonds. The van der Waals surface area contributed by atoms with Gasteiger partial charge in [0.1, 0.15) is 5.75 Å². The van der Waals surface area contributed by atoms with Crippen molar-refractivity contribution < 1.29 is 9.66 Å². The number of hydrogen-bond acceptors (Lipinski definition) is 3. The van der Waals surface area contributed by atoms with Gasteiger partial charge in [-0.15, -0.1) is 0 Å². The van der Waals surface area contributed by atoms with Crippen molar-refractivity contribution in [2.75, 3.05) is 11.9 Å². The Morgan fingerprint density at radius 1 is 1.05 bits per heavy atom. The van der Waals surface area contributed by atoms with Crippen LogP contribution in [0.3, 0.4) is 0 Å². The van der Waals surface area contributed by atoms with Crippen LogP contribution in [0.5, 0.6) is 5.75 Å². The minimum Gasteiger partial charge on any atom is -0.493 e. The van der Waals surface area contributed by atoms with E-state index in [9.17, 15) is 10.1 Å². The number of nitro benzene ring substituents is 1. The summed E-state index contributed by atoms with van der Waals surface area (Å²) in [4.78, 5) is 10.2. The number of alkyl halides is 1. The van der Waals surface area contributed by atoms with Crippen LogP contribution in [-0.4, -0.2) is 16.9 Å². The Bertz CT molecular complexity index is 398. The van der Waals surface area contributed by atoms with Crippen LogP contribution in [0.15, 0.2) is 24.3 Å². The second kappa shape index (κ2) is 10.7. The minimum atomic E-state index is -0.403. The number of nitro groups is 1. The average Bonchev–Trinajstić information content (AvgIpc) is 2.46. The maximum atomic E-state index is 10.6. The summed E-state index contributed by atoms with van der Waals surface area (Å²) in [6.45, 7) is 0.628. The fourth-order valence-electron chi connectivity index (χ4n) is 1.96. The van der Waals surface area contributed by atoms with Crippen molar-refractivity contribution in [2.24, 2.45) is 0 Å². The van der Waals surface area contributed by atoms with E-state index in [0.29, 0.717) is 12.4 Å². The van der Waals surface area contributed by atoms with Crippen LogP contribution in [0.4, 0.5) is 5.69 Å². The first-order valence-corrected chi connectivity index (χ1v) is 8.29. The molecule has 0 aromatic heterocycles. The number of rotatable bonds is 11. The molecule has 0 fully saturated rings. The van der Waals surface area contributed by atoms with E-state index in [1.165, 1.54) is 44.2 Å². The molecule has 0 unspecified atom stereocenters. The maximum Gasteiger partial charge on any atom is 0.273 e. The van der Waals surface area contributed by atoms with Crippen LogP contribution in [-0.2, 0) is 0 Å². The summed E-state index contributed by atoms with van der Waals surface area (Å²) in [5, 5.41) is 11.7. The molecule has 0 N–H and O–H groups in total. The van der Waals surface area contributed by atoms with Crippen molar-refractivity contribution in [1.82, 2.24) is 0 Å². The van der Waals surface area contributed by atoms with E-state index in [4.69, 9.17) is 4.74 Å². The number of hydrogen-bond donors (Lipinski definition) is 0. The predicted octanol–water partition coefficient (Wildman–Crippen LogP) is 5.10. The van der Waals surface area contributed by atoms with Crippen molar-refractivity contribution in [3.05, 3.63) is 34.4 Å². The van der Waals surface area contributed by atoms with Crippen molar-refractivity contribution in [3.63, 3.8) is 0 Å². The molecular weight excluding hydrogens is 322 g/mol. The number of benzene rings is 1. The SMILES string of the molecule is O=[N+]([O-])c1cccc(OCCCCCCCCCBr)c1. The molecule has 0 radical (unpaired) electrons. The van der Waals surface area contributed by atoms with Gasteiger partial charge in [0.25, 0.3) is 5.69 Å². The van der Waals surface area contributed by atoms with Gasteiger partial charge in [-0.2, -0.15) is 0 Å². The monoisotopic (exact) mass is 343 g/mol. The second-order valence-electron chi connectivity index (χ2n) is 4.77. The molecule has 112 valence electrons. The summed E-state index contributed by atoms with van der Waals surface area (Å²) in [6.07, 6.45) is 8.54. The molecule has 0 bridgehead atoms. The zero-order chi connectivity index (χ0) is 14.6. The molecule has 0 atom stereocenters. The first-order valence-electron chi connectivity index (χ1n) is 7.17. The lowest BCUT2D eigenvalue weighted by Gasteiger charge is -2.06. The summed E-state index contributed by atoms with van der Waals surface area (Å²) in [7, 11) is 0. The molecular formula is C15H22BrNO3. The number of non-ortho nitro benzene ring substituents is 1. The fourth-order valence-corrected chi connectivity index (χ4v) is 2.35. The highest BCUT2D eigenvalue weighted by molar-refractivity contribution is 9.09. The number of unbranched alkanes of at least 4 members (excludes halogenated alkanes) is 6. The van der Waals surface area contributed by atoms with Crippen LogP contribution < -0.4 is 4.74 Å². The van der Waals surface area contributed by atoms with E-state index in [-0.39, 0.29) is 5.69 Å². The number of halogens is 1. The Morgan fingerprint density at radius 3 is 2.35 bits per heavy atom. The zero-order valence-electron chi connectivity index (χ0n) is 11.7. The van der Waals surface area contributed by atoms with Crippen molar-refractivity contribution in [3.8, 4) is 5.75 Å². The molecule has 0 aliphatic heterocycles. The topological polar surface area (TPSA) is 52.4 Å². The molecule has 4 nitrogen and oxygen atoms in total. The molecule has 1 rings (SSSR count). The smallest absolute Gasteiger partial charge is 0.273 e. The van der Waals surface area contributed by atoms with Gasteiger partial charge in [-0.1, -0.05) is 54.1 Å². The Labute approximate surface area is 128 Å². The summed E-state index contributed by atoms with van der Waals surface area (Å²) in [5.74, 6) is 0.580. The van der Waals surface area contributed by atoms with Gasteiger partial charge in [0, 0.05) is 11.4 Å². The van der Waals surface area contributed by atoms with Gasteiger partial charge in [0.05, 0.1) is 17.6 Å². The normalized spacial score (nSPS) is 10.4. The summed E-state index contributed by atoms with van der Waals surface area (Å²) in [6, 6.07) is 6.35. The van der Waals surface area contributed by atoms with Gasteiger partial charge in [0.2, 0.25) is 0 Å². The first kappa shape index (κ1) is 17.0. The van der Waals surface area contributed by atoms with Gasteiger partial charge in [0.15, 0.2) is 0 Å². The van der Waals surface area contributed by atoms with Gasteiger partial charge < -0.3 is 4.74 Å². The first-order chi connectivity index (χ1) is 9.74. The largest absolute Gasteiger partial charge is 0.493 e. The standard InChI is InChI=1S/C15H22BrNO3/c16-11-6-4-2-1-3-5-7-12-20-15-10-8-9-14(13-15)17(18)19/h8-10,13H,1-7,11-12H2. The zero-order valence-corrected chi connectivity index (χ0v) is 13.3. The van der Waals surface area contributed by atoms with E-state index in [2.05, 4.69) is 15.9 Å². The van der Waals surface area contributed by atoms with Crippen LogP contribution in [0, 0.1) is 10.1 Å². The van der Waals surface area contributed by atoms with Crippen molar-refractivity contribution in [1.29, 1.82) is 0 Å². The lowest BCUT2D eigenvalue weighted by molar-refractivity contribution is -0.384. The molecule has 0 saturated carbocycles. The lowest BCUT2D eigenvalue weighted by atomic mass is 10.1. The molecule has 0 spiro atoms. The quantitative estimate of drug-likeness (QED) is 0.243. The number of nitrogens with zero attached hydrogens (tertiary/aromatic N) is 1. The van der Waals surface area contributed by atoms with Crippen LogP contribution in [0.25, 0.3) is 0 Å². The van der Waals surface area contributed by atoms with Crippen LogP contribution in [0.2, 0.25) is 0 Å². The Balaban J connectivity index is 2.06.